The number of hydrogen-bond donors (Lipinski definition) is 0. The summed E-state index contributed by atoms with van der Waals surface area (Å²) in [5, 5.41) is 0. The molecule has 2 amide bonds. The fraction of sp³-hybridized carbons (Fsp3) is 0.615. The van der Waals surface area contributed by atoms with Crippen LogP contribution in [-0.2, 0) is 19.1 Å². The lowest BCUT2D eigenvalue weighted by atomic mass is 10.2. The lowest BCUT2D eigenvalue weighted by molar-refractivity contribution is -0.150. The van der Waals surface area contributed by atoms with Gasteiger partial charge in [-0.1, -0.05) is 12.7 Å². The molecule has 1 atom stereocenters. The quantitative estimate of drug-likeness (QED) is 0.575. The minimum Gasteiger partial charge on any atom is -0.460 e. The highest BCUT2D eigenvalue weighted by Crippen LogP contribution is 2.23. The Morgan fingerprint density at radius 2 is 2.11 bits per heavy atom. The summed E-state index contributed by atoms with van der Waals surface area (Å²) in [7, 11) is 0. The molecule has 0 aromatic carbocycles. The van der Waals surface area contributed by atoms with Gasteiger partial charge in [0.15, 0.2) is 0 Å². The molecule has 6 nitrogen and oxygen atoms in total. The Kier molecular flexibility index (Phi) is 4.69. The average Bonchev–Trinajstić information content (AvgIpc) is 2.65. The second-order valence-electron chi connectivity index (χ2n) is 5.22. The predicted octanol–water partition coefficient (Wildman–Crippen LogP) is 1.64. The van der Waals surface area contributed by atoms with Gasteiger partial charge in [0.1, 0.15) is 18.2 Å². The first-order chi connectivity index (χ1) is 8.76. The number of carbonyl (C=O) groups excluding carboxylic acids is 3. The molecule has 0 N–H and O–H groups in total. The Labute approximate surface area is 112 Å². The van der Waals surface area contributed by atoms with Crippen molar-refractivity contribution in [2.45, 2.75) is 45.3 Å². The first kappa shape index (κ1) is 15.2. The fourth-order valence-electron chi connectivity index (χ4n) is 1.68. The van der Waals surface area contributed by atoms with Crippen LogP contribution in [0, 0.1) is 0 Å². The van der Waals surface area contributed by atoms with E-state index in [4.69, 9.17) is 9.47 Å². The van der Waals surface area contributed by atoms with E-state index in [-0.39, 0.29) is 19.4 Å². The van der Waals surface area contributed by atoms with E-state index in [9.17, 15) is 14.4 Å². The zero-order valence-corrected chi connectivity index (χ0v) is 11.5. The number of rotatable bonds is 3. The van der Waals surface area contributed by atoms with E-state index in [2.05, 4.69) is 6.58 Å². The molecule has 106 valence electrons. The van der Waals surface area contributed by atoms with Gasteiger partial charge < -0.3 is 9.47 Å². The number of ether oxygens (including phenoxy) is 2. The smallest absolute Gasteiger partial charge is 0.417 e. The van der Waals surface area contributed by atoms with Crippen LogP contribution in [0.5, 0.6) is 0 Å². The van der Waals surface area contributed by atoms with Crippen molar-refractivity contribution in [3.8, 4) is 0 Å². The maximum absolute atomic E-state index is 11.9. The highest BCUT2D eigenvalue weighted by atomic mass is 16.6. The second kappa shape index (κ2) is 5.86. The monoisotopic (exact) mass is 269 g/mol. The summed E-state index contributed by atoms with van der Waals surface area (Å²) >= 11 is 0. The molecule has 1 unspecified atom stereocenters. The van der Waals surface area contributed by atoms with Gasteiger partial charge in [-0.2, -0.15) is 0 Å². The third-order valence-electron chi connectivity index (χ3n) is 2.42. The Hall–Kier alpha value is -1.85. The Morgan fingerprint density at radius 1 is 1.47 bits per heavy atom. The number of nitrogens with zero attached hydrogens (tertiary/aromatic N) is 1. The molecule has 0 aromatic heterocycles. The van der Waals surface area contributed by atoms with E-state index in [1.807, 2.05) is 0 Å². The van der Waals surface area contributed by atoms with Crippen LogP contribution < -0.4 is 0 Å². The molecule has 0 saturated carbocycles. The van der Waals surface area contributed by atoms with Crippen molar-refractivity contribution >= 4 is 18.0 Å². The minimum absolute atomic E-state index is 0.0473. The number of imide groups is 1. The third-order valence-corrected chi connectivity index (χ3v) is 2.42. The molecule has 1 fully saturated rings. The summed E-state index contributed by atoms with van der Waals surface area (Å²) < 4.78 is 9.99. The van der Waals surface area contributed by atoms with Crippen LogP contribution in [0.2, 0.25) is 0 Å². The molecule has 0 bridgehead atoms. The van der Waals surface area contributed by atoms with Crippen molar-refractivity contribution in [2.24, 2.45) is 0 Å². The Bertz CT molecular complexity index is 396. The summed E-state index contributed by atoms with van der Waals surface area (Å²) in [5.74, 6) is -1.04. The van der Waals surface area contributed by atoms with E-state index >= 15 is 0 Å². The minimum atomic E-state index is -0.901. The highest BCUT2D eigenvalue weighted by Gasteiger charge is 2.43. The first-order valence-corrected chi connectivity index (χ1v) is 6.09. The van der Waals surface area contributed by atoms with Gasteiger partial charge in [-0.05, 0) is 27.2 Å². The van der Waals surface area contributed by atoms with Crippen molar-refractivity contribution in [3.05, 3.63) is 12.7 Å². The highest BCUT2D eigenvalue weighted by molar-refractivity contribution is 5.99. The third kappa shape index (κ3) is 4.08. The van der Waals surface area contributed by atoms with E-state index in [0.717, 1.165) is 4.90 Å². The summed E-state index contributed by atoms with van der Waals surface area (Å²) in [5.41, 5.74) is -0.727. The van der Waals surface area contributed by atoms with Crippen LogP contribution >= 0.6 is 0 Å². The van der Waals surface area contributed by atoms with Gasteiger partial charge in [0.2, 0.25) is 5.91 Å². The van der Waals surface area contributed by atoms with Crippen LogP contribution in [0.25, 0.3) is 0 Å². The zero-order valence-electron chi connectivity index (χ0n) is 11.5. The van der Waals surface area contributed by atoms with Gasteiger partial charge >= 0.3 is 12.1 Å². The van der Waals surface area contributed by atoms with Crippen LogP contribution in [0.15, 0.2) is 12.7 Å². The number of amides is 2. The second-order valence-corrected chi connectivity index (χ2v) is 5.22. The molecule has 1 aliphatic rings. The van der Waals surface area contributed by atoms with Crippen molar-refractivity contribution < 1.29 is 23.9 Å². The number of carbonyl (C=O) groups is 3. The molecule has 0 radical (unpaired) electrons. The maximum Gasteiger partial charge on any atom is 0.417 e. The molecule has 0 aliphatic carbocycles. The van der Waals surface area contributed by atoms with Gasteiger partial charge in [-0.25, -0.2) is 14.5 Å². The van der Waals surface area contributed by atoms with Gasteiger partial charge in [-0.3, -0.25) is 4.79 Å². The largest absolute Gasteiger partial charge is 0.460 e. The summed E-state index contributed by atoms with van der Waals surface area (Å²) in [6.07, 6.45) is 1.00. The topological polar surface area (TPSA) is 72.9 Å². The summed E-state index contributed by atoms with van der Waals surface area (Å²) in [6, 6.07) is -0.901. The van der Waals surface area contributed by atoms with Gasteiger partial charge in [0, 0.05) is 6.42 Å². The normalized spacial score (nSPS) is 19.2. The number of likely N-dealkylation sites (tertiary alicyclic amines) is 1. The van der Waals surface area contributed by atoms with Gasteiger partial charge in [0.05, 0.1) is 0 Å². The standard InChI is InChI=1S/C13H19NO5/c1-5-8-18-11(16)9-6-7-10(15)14(9)12(17)19-13(2,3)4/h5,9H,1,6-8H2,2-4H3. The van der Waals surface area contributed by atoms with Crippen LogP contribution in [-0.4, -0.2) is 41.1 Å². The molecule has 1 heterocycles. The lowest BCUT2D eigenvalue weighted by Gasteiger charge is -2.26. The fourth-order valence-corrected chi connectivity index (χ4v) is 1.68. The molecule has 0 spiro atoms. The van der Waals surface area contributed by atoms with Crippen molar-refractivity contribution in [3.63, 3.8) is 0 Å². The van der Waals surface area contributed by atoms with Crippen LogP contribution in [0.4, 0.5) is 4.79 Å². The van der Waals surface area contributed by atoms with E-state index in [1.54, 1.807) is 20.8 Å². The Balaban J connectivity index is 2.77. The van der Waals surface area contributed by atoms with Crippen molar-refractivity contribution in [2.75, 3.05) is 6.61 Å². The van der Waals surface area contributed by atoms with E-state index in [0.29, 0.717) is 0 Å². The molecular weight excluding hydrogens is 250 g/mol. The molecule has 19 heavy (non-hydrogen) atoms. The zero-order chi connectivity index (χ0) is 14.6. The maximum atomic E-state index is 11.9. The molecule has 1 aliphatic heterocycles. The molecule has 0 aromatic rings. The molecular formula is C13H19NO5. The van der Waals surface area contributed by atoms with E-state index in [1.165, 1.54) is 6.08 Å². The van der Waals surface area contributed by atoms with Crippen molar-refractivity contribution in [1.29, 1.82) is 0 Å². The van der Waals surface area contributed by atoms with Gasteiger partial charge in [0.25, 0.3) is 0 Å². The van der Waals surface area contributed by atoms with Gasteiger partial charge in [-0.15, -0.1) is 0 Å². The SMILES string of the molecule is C=CCOC(=O)C1CCC(=O)N1C(=O)OC(C)(C)C. The van der Waals surface area contributed by atoms with Crippen molar-refractivity contribution in [1.82, 2.24) is 4.90 Å². The molecule has 6 heteroatoms. The summed E-state index contributed by atoms with van der Waals surface area (Å²) in [4.78, 5) is 36.2. The average molecular weight is 269 g/mol. The number of esters is 1. The number of hydrogen-bond acceptors (Lipinski definition) is 5. The molecule has 1 rings (SSSR count). The lowest BCUT2D eigenvalue weighted by Crippen LogP contribution is -2.46. The first-order valence-electron chi connectivity index (χ1n) is 6.09. The van der Waals surface area contributed by atoms with Crippen LogP contribution in [0.1, 0.15) is 33.6 Å². The Morgan fingerprint density at radius 3 is 2.63 bits per heavy atom. The predicted molar refractivity (Wildman–Crippen MR) is 67.3 cm³/mol. The van der Waals surface area contributed by atoms with E-state index < -0.39 is 29.6 Å². The summed E-state index contributed by atoms with van der Waals surface area (Å²) in [6.45, 7) is 8.55. The molecule has 1 saturated heterocycles. The van der Waals surface area contributed by atoms with Crippen LogP contribution in [0.3, 0.4) is 0 Å².